The summed E-state index contributed by atoms with van der Waals surface area (Å²) in [6.45, 7) is 3.09. The maximum absolute atomic E-state index is 4.06. The number of rotatable bonds is 0. The van der Waals surface area contributed by atoms with Crippen molar-refractivity contribution in [2.24, 2.45) is 0 Å². The largest absolute Gasteiger partial charge is 0.302 e. The van der Waals surface area contributed by atoms with Gasteiger partial charge in [0.1, 0.15) is 0 Å². The minimum atomic E-state index is 0.934. The number of thiol groups is 1. The molecule has 0 amide bonds. The quantitative estimate of drug-likeness (QED) is 0.410. The summed E-state index contributed by atoms with van der Waals surface area (Å²) in [5.41, 5.74) is 0. The fourth-order valence-electron chi connectivity index (χ4n) is 0.495. The summed E-state index contributed by atoms with van der Waals surface area (Å²) in [6.07, 6.45) is 0. The summed E-state index contributed by atoms with van der Waals surface area (Å²) in [5, 5.41) is 3.12. The molecule has 0 unspecified atom stereocenters. The summed E-state index contributed by atoms with van der Waals surface area (Å²) < 4.78 is 1.94. The van der Waals surface area contributed by atoms with Gasteiger partial charge in [-0.2, -0.15) is 0 Å². The second-order valence-corrected chi connectivity index (χ2v) is 1.95. The molecule has 0 bridgehead atoms. The Kier molecular flexibility index (Phi) is 1.34. The topological polar surface area (TPSA) is 15.3 Å². The highest BCUT2D eigenvalue weighted by atomic mass is 32.1. The minimum Gasteiger partial charge on any atom is -0.302 e. The van der Waals surface area contributed by atoms with E-state index in [4.69, 9.17) is 0 Å². The van der Waals surface area contributed by atoms with Crippen molar-refractivity contribution in [2.75, 3.05) is 19.8 Å². The molecule has 0 atom stereocenters. The van der Waals surface area contributed by atoms with Gasteiger partial charge in [0.15, 0.2) is 0 Å². The molecule has 1 fully saturated rings. The van der Waals surface area contributed by atoms with Crippen LogP contribution in [-0.4, -0.2) is 24.1 Å². The molecule has 1 aliphatic rings. The van der Waals surface area contributed by atoms with E-state index < -0.39 is 0 Å². The zero-order valence-electron chi connectivity index (χ0n) is 3.52. The van der Waals surface area contributed by atoms with Gasteiger partial charge in [-0.15, -0.1) is 0 Å². The number of hydrogen-bond donors (Lipinski definition) is 2. The van der Waals surface area contributed by atoms with Gasteiger partial charge >= 0.3 is 0 Å². The van der Waals surface area contributed by atoms with E-state index in [0.717, 1.165) is 19.8 Å². The lowest BCUT2D eigenvalue weighted by Crippen LogP contribution is -2.10. The second kappa shape index (κ2) is 1.82. The van der Waals surface area contributed by atoms with Crippen molar-refractivity contribution < 1.29 is 0 Å². The van der Waals surface area contributed by atoms with Gasteiger partial charge in [-0.3, -0.25) is 0 Å². The molecular weight excluding hydrogens is 96.1 g/mol. The Labute approximate surface area is 43.1 Å². The van der Waals surface area contributed by atoms with Crippen molar-refractivity contribution in [3.8, 4) is 0 Å². The molecular formula is C3H8N2S. The van der Waals surface area contributed by atoms with Gasteiger partial charge in [0.05, 0.1) is 6.67 Å². The van der Waals surface area contributed by atoms with Crippen LogP contribution in [0, 0.1) is 0 Å². The highest BCUT2D eigenvalue weighted by Gasteiger charge is 2.02. The van der Waals surface area contributed by atoms with Crippen LogP contribution < -0.4 is 5.32 Å². The molecule has 1 N–H and O–H groups in total. The van der Waals surface area contributed by atoms with Crippen LogP contribution in [-0.2, 0) is 0 Å². The molecule has 0 radical (unpaired) electrons. The Balaban J connectivity index is 2.18. The predicted molar refractivity (Wildman–Crippen MR) is 28.6 cm³/mol. The average Bonchev–Trinajstić information content (AvgIpc) is 1.86. The molecule has 0 aliphatic carbocycles. The lowest BCUT2D eigenvalue weighted by Gasteiger charge is -1.98. The molecule has 6 heavy (non-hydrogen) atoms. The van der Waals surface area contributed by atoms with E-state index in [9.17, 15) is 0 Å². The Morgan fingerprint density at radius 3 is 2.67 bits per heavy atom. The van der Waals surface area contributed by atoms with Gasteiger partial charge in [0.25, 0.3) is 0 Å². The maximum atomic E-state index is 4.06. The van der Waals surface area contributed by atoms with Crippen molar-refractivity contribution >= 4 is 12.8 Å². The minimum absolute atomic E-state index is 0.934. The third kappa shape index (κ3) is 0.864. The van der Waals surface area contributed by atoms with Crippen LogP contribution >= 0.6 is 12.8 Å². The van der Waals surface area contributed by atoms with Gasteiger partial charge in [0, 0.05) is 13.1 Å². The molecule has 1 heterocycles. The highest BCUT2D eigenvalue weighted by molar-refractivity contribution is 7.77. The van der Waals surface area contributed by atoms with E-state index in [0.29, 0.717) is 0 Å². The molecule has 36 valence electrons. The lowest BCUT2D eigenvalue weighted by atomic mass is 10.7. The Morgan fingerprint density at radius 1 is 1.67 bits per heavy atom. The standard InChI is InChI=1S/C3H8N2S/c6-5-2-1-4-3-5/h4,6H,1-3H2. The van der Waals surface area contributed by atoms with Crippen molar-refractivity contribution in [2.45, 2.75) is 0 Å². The lowest BCUT2D eigenvalue weighted by molar-refractivity contribution is 0.584. The van der Waals surface area contributed by atoms with Crippen LogP contribution in [0.25, 0.3) is 0 Å². The molecule has 0 saturated carbocycles. The van der Waals surface area contributed by atoms with Gasteiger partial charge in [-0.25, -0.2) is 4.31 Å². The zero-order valence-corrected chi connectivity index (χ0v) is 4.41. The van der Waals surface area contributed by atoms with E-state index in [2.05, 4.69) is 18.1 Å². The predicted octanol–water partition coefficient (Wildman–Crippen LogP) is -0.306. The van der Waals surface area contributed by atoms with E-state index in [1.165, 1.54) is 0 Å². The van der Waals surface area contributed by atoms with Crippen LogP contribution in [0.1, 0.15) is 0 Å². The molecule has 1 rings (SSSR count). The van der Waals surface area contributed by atoms with Crippen LogP contribution in [0.4, 0.5) is 0 Å². The third-order valence-corrected chi connectivity index (χ3v) is 1.18. The molecule has 2 nitrogen and oxygen atoms in total. The number of nitrogens with zero attached hydrogens (tertiary/aromatic N) is 1. The Morgan fingerprint density at radius 2 is 2.50 bits per heavy atom. The van der Waals surface area contributed by atoms with Crippen molar-refractivity contribution in [1.29, 1.82) is 0 Å². The van der Waals surface area contributed by atoms with Crippen LogP contribution in [0.3, 0.4) is 0 Å². The van der Waals surface area contributed by atoms with Crippen LogP contribution in [0.5, 0.6) is 0 Å². The fraction of sp³-hybridized carbons (Fsp3) is 1.00. The van der Waals surface area contributed by atoms with Gasteiger partial charge in [-0.05, 0) is 0 Å². The van der Waals surface area contributed by atoms with E-state index in [1.807, 2.05) is 4.31 Å². The van der Waals surface area contributed by atoms with Gasteiger partial charge in [0.2, 0.25) is 0 Å². The van der Waals surface area contributed by atoms with Gasteiger partial charge < -0.3 is 5.32 Å². The summed E-state index contributed by atoms with van der Waals surface area (Å²) in [6, 6.07) is 0. The molecule has 0 aromatic carbocycles. The van der Waals surface area contributed by atoms with Crippen molar-refractivity contribution in [3.63, 3.8) is 0 Å². The monoisotopic (exact) mass is 104 g/mol. The fourth-order valence-corrected chi connectivity index (χ4v) is 0.695. The number of nitrogens with one attached hydrogen (secondary N) is 1. The highest BCUT2D eigenvalue weighted by Crippen LogP contribution is 1.92. The third-order valence-electron chi connectivity index (χ3n) is 0.841. The van der Waals surface area contributed by atoms with Gasteiger partial charge in [-0.1, -0.05) is 12.8 Å². The van der Waals surface area contributed by atoms with E-state index >= 15 is 0 Å². The summed E-state index contributed by atoms with van der Waals surface area (Å²) in [7, 11) is 0. The zero-order chi connectivity index (χ0) is 4.41. The first kappa shape index (κ1) is 4.43. The summed E-state index contributed by atoms with van der Waals surface area (Å²) in [5.74, 6) is 0. The summed E-state index contributed by atoms with van der Waals surface area (Å²) in [4.78, 5) is 0. The Bertz CT molecular complexity index is 42.1. The molecule has 1 aliphatic heterocycles. The summed E-state index contributed by atoms with van der Waals surface area (Å²) >= 11 is 4.06. The van der Waals surface area contributed by atoms with Crippen LogP contribution in [0.15, 0.2) is 0 Å². The SMILES string of the molecule is SN1CCNC1. The van der Waals surface area contributed by atoms with E-state index in [1.54, 1.807) is 0 Å². The van der Waals surface area contributed by atoms with Crippen molar-refractivity contribution in [3.05, 3.63) is 0 Å². The normalized spacial score (nSPS) is 25.5. The molecule has 0 aromatic rings. The molecule has 0 aromatic heterocycles. The van der Waals surface area contributed by atoms with Crippen LogP contribution in [0.2, 0.25) is 0 Å². The first-order valence-corrected chi connectivity index (χ1v) is 2.44. The second-order valence-electron chi connectivity index (χ2n) is 1.39. The Hall–Kier alpha value is 0.270. The van der Waals surface area contributed by atoms with Crippen molar-refractivity contribution in [1.82, 2.24) is 9.62 Å². The molecule has 0 spiro atoms. The average molecular weight is 104 g/mol. The molecule has 3 heteroatoms. The first-order chi connectivity index (χ1) is 2.89. The first-order valence-electron chi connectivity index (χ1n) is 2.04. The number of hydrogen-bond acceptors (Lipinski definition) is 3. The van der Waals surface area contributed by atoms with E-state index in [-0.39, 0.29) is 0 Å². The maximum Gasteiger partial charge on any atom is 0.0579 e. The smallest absolute Gasteiger partial charge is 0.0579 e. The molecule has 1 saturated heterocycles.